The van der Waals surface area contributed by atoms with E-state index in [9.17, 15) is 9.90 Å². The minimum absolute atomic E-state index is 0. The molecule has 48 heavy (non-hydrogen) atoms. The number of carbonyl (C=O) groups is 1. The molecule has 4 nitrogen and oxygen atoms in total. The van der Waals surface area contributed by atoms with Crippen molar-refractivity contribution in [3.63, 3.8) is 0 Å². The van der Waals surface area contributed by atoms with Gasteiger partial charge in [0.05, 0.1) is 11.3 Å². The van der Waals surface area contributed by atoms with Crippen molar-refractivity contribution in [3.05, 3.63) is 89.3 Å². The molecule has 1 N–H and O–H groups in total. The number of ketones is 1. The molecule has 2 fully saturated rings. The molecule has 7 rings (SSSR count). The second-order valence-electron chi connectivity index (χ2n) is 13.1. The van der Waals surface area contributed by atoms with E-state index < -0.39 is 18.6 Å². The smallest absolute Gasteiger partial charge is 0.162 e. The molecule has 5 heteroatoms. The van der Waals surface area contributed by atoms with E-state index in [2.05, 4.69) is 12.1 Å². The third kappa shape index (κ3) is 7.48. The van der Waals surface area contributed by atoms with Crippen LogP contribution in [-0.4, -0.2) is 15.9 Å². The maximum absolute atomic E-state index is 11.7. The Morgan fingerprint density at radius 3 is 2.31 bits per heavy atom. The largest absolute Gasteiger partial charge is 0.512 e. The summed E-state index contributed by atoms with van der Waals surface area (Å²) in [6.45, 7) is 5.73. The quantitative estimate of drug-likeness (QED) is 0.0865. The van der Waals surface area contributed by atoms with Crippen molar-refractivity contribution in [2.75, 3.05) is 0 Å². The Morgan fingerprint density at radius 1 is 0.938 bits per heavy atom. The number of aryl methyl sites for hydroxylation is 1. The van der Waals surface area contributed by atoms with Crippen LogP contribution in [0.25, 0.3) is 44.0 Å². The van der Waals surface area contributed by atoms with Crippen molar-refractivity contribution in [1.29, 1.82) is 0 Å². The Labute approximate surface area is 306 Å². The summed E-state index contributed by atoms with van der Waals surface area (Å²) >= 11 is 0. The molecule has 2 aliphatic rings. The van der Waals surface area contributed by atoms with Gasteiger partial charge in [-0.25, -0.2) is 0 Å². The molecule has 0 unspecified atom stereocenters. The van der Waals surface area contributed by atoms with Crippen LogP contribution in [0.1, 0.15) is 127 Å². The van der Waals surface area contributed by atoms with Gasteiger partial charge in [0.25, 0.3) is 0 Å². The van der Waals surface area contributed by atoms with Crippen LogP contribution in [0.3, 0.4) is 0 Å². The zero-order valence-corrected chi connectivity index (χ0v) is 30.9. The minimum atomic E-state index is -2.34. The number of rotatable bonds is 10. The van der Waals surface area contributed by atoms with Crippen LogP contribution in [-0.2, 0) is 24.9 Å². The fraction of sp³-hybridized carbons (Fsp3) is 0.442. The van der Waals surface area contributed by atoms with Crippen molar-refractivity contribution in [3.8, 4) is 11.3 Å². The number of hydrogen-bond donors (Lipinski definition) is 1. The maximum atomic E-state index is 11.7. The van der Waals surface area contributed by atoms with E-state index in [4.69, 9.17) is 16.3 Å². The van der Waals surface area contributed by atoms with E-state index in [1.54, 1.807) is 12.3 Å². The third-order valence-electron chi connectivity index (χ3n) is 10.1. The topological polar surface area (TPSA) is 63.3 Å². The Bertz CT molecular complexity index is 2120. The molecule has 2 aromatic heterocycles. The average molecular weight is 826 g/mol. The molecule has 0 saturated heterocycles. The first-order valence-electron chi connectivity index (χ1n) is 20.0. The fourth-order valence-corrected chi connectivity index (χ4v) is 7.08. The first-order chi connectivity index (χ1) is 24.8. The van der Waals surface area contributed by atoms with Gasteiger partial charge in [-0.1, -0.05) is 94.7 Å². The molecule has 0 amide bonds. The van der Waals surface area contributed by atoms with Gasteiger partial charge in [-0.3, -0.25) is 4.79 Å². The van der Waals surface area contributed by atoms with Crippen LogP contribution >= 0.6 is 0 Å². The molecule has 0 atom stereocenters. The number of nitrogens with zero attached hydrogens (tertiary/aromatic N) is 1. The number of pyridine rings is 1. The van der Waals surface area contributed by atoms with Crippen LogP contribution in [0.2, 0.25) is 0 Å². The molecule has 1 radical (unpaired) electrons. The van der Waals surface area contributed by atoms with E-state index in [0.717, 1.165) is 96.9 Å². The number of para-hydroxylation sites is 1. The number of carbonyl (C=O) groups excluding carboxylic acids is 1. The third-order valence-corrected chi connectivity index (χ3v) is 10.1. The molecular formula is C43H50IrNO3-. The summed E-state index contributed by atoms with van der Waals surface area (Å²) in [6, 6.07) is 18.5. The van der Waals surface area contributed by atoms with Crippen molar-refractivity contribution >= 4 is 38.5 Å². The first-order valence-corrected chi connectivity index (χ1v) is 17.5. The summed E-state index contributed by atoms with van der Waals surface area (Å²) in [6.07, 6.45) is 12.0. The average Bonchev–Trinajstić information content (AvgIpc) is 3.52. The standard InChI is InChI=1S/C30H26NO.C13H24O2.Ir/c1-18-14-25-22-8-4-5-9-28(22)32-30(25)26(15-18)29-23-13-12-21(19-6-2-3-7-19)16-24(23)27(17-31-29)20-10-11-20;1-5-10(6-2)12(14)9-13(15)11(7-3)8-4;/h4-5,8-9,12-14,16-17,19-20H,2-3,6-7,10-11H2,1H3;9-11,14H,5-8H2,1-4H3;/q-1;;/b;12-9-;/i1D3,19D,20D;;. The molecular weight excluding hydrogens is 771 g/mol. The molecule has 0 spiro atoms. The van der Waals surface area contributed by atoms with E-state index in [1.165, 1.54) is 6.08 Å². The summed E-state index contributed by atoms with van der Waals surface area (Å²) in [7, 11) is 0. The number of aliphatic hydroxyl groups is 1. The van der Waals surface area contributed by atoms with E-state index in [-0.39, 0.29) is 49.0 Å². The van der Waals surface area contributed by atoms with Crippen molar-refractivity contribution in [2.24, 2.45) is 11.8 Å². The Kier molecular flexibility index (Phi) is 9.85. The van der Waals surface area contributed by atoms with Crippen LogP contribution < -0.4 is 0 Å². The zero-order valence-electron chi connectivity index (χ0n) is 33.5. The number of furan rings is 1. The molecule has 5 aromatic rings. The fourth-order valence-electron chi connectivity index (χ4n) is 7.08. The first kappa shape index (κ1) is 29.6. The summed E-state index contributed by atoms with van der Waals surface area (Å²) in [5, 5.41) is 13.1. The van der Waals surface area contributed by atoms with Crippen molar-refractivity contribution in [1.82, 2.24) is 4.98 Å². The Hall–Kier alpha value is -3.27. The van der Waals surface area contributed by atoms with Gasteiger partial charge in [0.1, 0.15) is 5.58 Å². The molecule has 3 aromatic carbocycles. The van der Waals surface area contributed by atoms with Crippen molar-refractivity contribution in [2.45, 2.75) is 111 Å². The molecule has 2 saturated carbocycles. The zero-order chi connectivity index (χ0) is 37.4. The van der Waals surface area contributed by atoms with Gasteiger partial charge in [0, 0.05) is 56.5 Å². The van der Waals surface area contributed by atoms with Crippen LogP contribution in [0.5, 0.6) is 0 Å². The molecule has 0 aliphatic heterocycles. The Morgan fingerprint density at radius 2 is 1.65 bits per heavy atom. The number of benzene rings is 3. The molecule has 2 heterocycles. The number of allylic oxidation sites excluding steroid dienone is 2. The van der Waals surface area contributed by atoms with Crippen LogP contribution in [0.15, 0.2) is 71.0 Å². The van der Waals surface area contributed by atoms with E-state index in [1.807, 2.05) is 64.1 Å². The SMILES string of the molecule is CCC(CC)C(=O)/C=C(\O)C(CC)CC.[2H]C([2H])([2H])c1[c-]c(-c2ncc(C3([2H])CC3)c3cc(C4([2H])CCCC4)ccc23)c2oc3ccccc3c2c1.[Ir]. The van der Waals surface area contributed by atoms with Gasteiger partial charge in [0.2, 0.25) is 0 Å². The number of hydrogen-bond acceptors (Lipinski definition) is 4. The van der Waals surface area contributed by atoms with Crippen molar-refractivity contribution < 1.29 is 41.3 Å². The van der Waals surface area contributed by atoms with Crippen LogP contribution in [0.4, 0.5) is 0 Å². The van der Waals surface area contributed by atoms with Crippen LogP contribution in [0, 0.1) is 24.8 Å². The normalized spacial score (nSPS) is 18.5. The maximum Gasteiger partial charge on any atom is 0.162 e. The van der Waals surface area contributed by atoms with Gasteiger partial charge < -0.3 is 14.5 Å². The van der Waals surface area contributed by atoms with Gasteiger partial charge in [-0.05, 0) is 96.8 Å². The number of aromatic nitrogens is 1. The number of aliphatic hydroxyl groups excluding tert-OH is 1. The predicted molar refractivity (Wildman–Crippen MR) is 195 cm³/mol. The summed E-state index contributed by atoms with van der Waals surface area (Å²) in [5.41, 5.74) is 4.32. The predicted octanol–water partition coefficient (Wildman–Crippen LogP) is 12.3. The monoisotopic (exact) mass is 826 g/mol. The summed E-state index contributed by atoms with van der Waals surface area (Å²) in [4.78, 5) is 16.5. The summed E-state index contributed by atoms with van der Waals surface area (Å²) < 4.78 is 48.6. The Balaban J connectivity index is 0.000000290. The minimum Gasteiger partial charge on any atom is -0.512 e. The van der Waals surface area contributed by atoms with E-state index >= 15 is 0 Å². The second-order valence-corrected chi connectivity index (χ2v) is 13.1. The molecule has 255 valence electrons. The van der Waals surface area contributed by atoms with Gasteiger partial charge in [0.15, 0.2) is 5.78 Å². The summed E-state index contributed by atoms with van der Waals surface area (Å²) in [5.74, 6) is -0.717. The van der Waals surface area contributed by atoms with E-state index in [0.29, 0.717) is 22.4 Å². The van der Waals surface area contributed by atoms with Gasteiger partial charge in [-0.15, -0.1) is 17.7 Å². The number of fused-ring (bicyclic) bond motifs is 4. The molecule has 0 bridgehead atoms. The second kappa shape index (κ2) is 16.0. The molecule has 2 aliphatic carbocycles. The van der Waals surface area contributed by atoms with Gasteiger partial charge in [-0.2, -0.15) is 0 Å². The van der Waals surface area contributed by atoms with Gasteiger partial charge >= 0.3 is 0 Å².